The van der Waals surface area contributed by atoms with Crippen LogP contribution in [-0.2, 0) is 19.0 Å². The predicted octanol–water partition coefficient (Wildman–Crippen LogP) is 0.701. The highest BCUT2D eigenvalue weighted by Gasteiger charge is 2.31. The smallest absolute Gasteiger partial charge is 0.303 e. The van der Waals surface area contributed by atoms with E-state index in [-0.39, 0.29) is 18.4 Å². The van der Waals surface area contributed by atoms with E-state index in [1.54, 1.807) is 0 Å². The lowest BCUT2D eigenvalue weighted by Crippen LogP contribution is -2.28. The molecule has 0 aromatic heterocycles. The second kappa shape index (κ2) is 4.42. The van der Waals surface area contributed by atoms with Gasteiger partial charge in [-0.05, 0) is 6.92 Å². The van der Waals surface area contributed by atoms with E-state index in [0.29, 0.717) is 13.2 Å². The average molecular weight is 174 g/mol. The molecule has 4 nitrogen and oxygen atoms in total. The van der Waals surface area contributed by atoms with E-state index >= 15 is 0 Å². The molecule has 0 aliphatic carbocycles. The van der Waals surface area contributed by atoms with E-state index in [2.05, 4.69) is 0 Å². The quantitative estimate of drug-likeness (QED) is 0.591. The van der Waals surface area contributed by atoms with Crippen LogP contribution in [0, 0.1) is 0 Å². The Morgan fingerprint density at radius 2 is 2.42 bits per heavy atom. The van der Waals surface area contributed by atoms with Gasteiger partial charge in [0.2, 0.25) is 0 Å². The lowest BCUT2D eigenvalue weighted by molar-refractivity contribution is -0.176. The number of rotatable bonds is 3. The molecule has 0 amide bonds. The van der Waals surface area contributed by atoms with Crippen LogP contribution in [0.5, 0.6) is 0 Å². The van der Waals surface area contributed by atoms with Crippen molar-refractivity contribution in [3.63, 3.8) is 0 Å². The first-order valence-corrected chi connectivity index (χ1v) is 4.14. The summed E-state index contributed by atoms with van der Waals surface area (Å²) in [6.45, 7) is 4.44. The second-order valence-corrected chi connectivity index (χ2v) is 2.63. The van der Waals surface area contributed by atoms with Gasteiger partial charge in [-0.15, -0.1) is 0 Å². The Labute approximate surface area is 71.8 Å². The predicted molar refractivity (Wildman–Crippen MR) is 41.5 cm³/mol. The molecule has 0 aromatic carbocycles. The minimum absolute atomic E-state index is 0.220. The molecule has 2 atom stereocenters. The molecule has 0 radical (unpaired) electrons. The number of carbonyl (C=O) groups is 1. The zero-order chi connectivity index (χ0) is 8.97. The largest absolute Gasteiger partial charge is 0.457 e. The van der Waals surface area contributed by atoms with E-state index in [1.165, 1.54) is 6.92 Å². The van der Waals surface area contributed by atoms with E-state index in [9.17, 15) is 4.79 Å². The van der Waals surface area contributed by atoms with Gasteiger partial charge in [-0.2, -0.15) is 0 Å². The van der Waals surface area contributed by atoms with Gasteiger partial charge in [-0.1, -0.05) is 0 Å². The lowest BCUT2D eigenvalue weighted by atomic mass is 10.3. The van der Waals surface area contributed by atoms with Crippen LogP contribution >= 0.6 is 0 Å². The van der Waals surface area contributed by atoms with E-state index in [4.69, 9.17) is 14.2 Å². The molecule has 1 aliphatic heterocycles. The fraction of sp³-hybridized carbons (Fsp3) is 0.875. The molecule has 0 spiro atoms. The Morgan fingerprint density at radius 1 is 1.67 bits per heavy atom. The van der Waals surface area contributed by atoms with Crippen LogP contribution in [0.3, 0.4) is 0 Å². The summed E-state index contributed by atoms with van der Waals surface area (Å²) in [7, 11) is 0. The summed E-state index contributed by atoms with van der Waals surface area (Å²) in [6.07, 6.45) is 0.144. The topological polar surface area (TPSA) is 44.8 Å². The summed E-state index contributed by atoms with van der Waals surface area (Å²) in [4.78, 5) is 10.6. The Balaban J connectivity index is 2.35. The molecule has 4 heteroatoms. The number of carbonyl (C=O) groups excluding carboxylic acids is 1. The van der Waals surface area contributed by atoms with Crippen molar-refractivity contribution in [2.45, 2.75) is 32.7 Å². The van der Waals surface area contributed by atoms with Crippen LogP contribution < -0.4 is 0 Å². The third-order valence-electron chi connectivity index (χ3n) is 1.64. The fourth-order valence-corrected chi connectivity index (χ4v) is 1.19. The first kappa shape index (κ1) is 9.48. The normalized spacial score (nSPS) is 28.8. The van der Waals surface area contributed by atoms with Crippen molar-refractivity contribution in [2.75, 3.05) is 13.2 Å². The van der Waals surface area contributed by atoms with Gasteiger partial charge >= 0.3 is 5.97 Å². The fourth-order valence-electron chi connectivity index (χ4n) is 1.19. The van der Waals surface area contributed by atoms with Crippen molar-refractivity contribution in [1.29, 1.82) is 0 Å². The molecule has 1 rings (SSSR count). The molecule has 0 unspecified atom stereocenters. The van der Waals surface area contributed by atoms with Gasteiger partial charge in [0.05, 0.1) is 6.61 Å². The van der Waals surface area contributed by atoms with Gasteiger partial charge in [0.25, 0.3) is 0 Å². The number of hydrogen-bond donors (Lipinski definition) is 0. The molecule has 1 saturated heterocycles. The number of ether oxygens (including phenoxy) is 3. The summed E-state index contributed by atoms with van der Waals surface area (Å²) in [5.41, 5.74) is 0. The second-order valence-electron chi connectivity index (χ2n) is 2.63. The molecule has 70 valence electrons. The van der Waals surface area contributed by atoms with Gasteiger partial charge in [0.1, 0.15) is 0 Å². The summed E-state index contributed by atoms with van der Waals surface area (Å²) in [5, 5.41) is 0. The zero-order valence-corrected chi connectivity index (χ0v) is 7.41. The average Bonchev–Trinajstić information content (AvgIpc) is 2.37. The summed E-state index contributed by atoms with van der Waals surface area (Å²) in [6, 6.07) is 0. The maximum atomic E-state index is 10.6. The maximum Gasteiger partial charge on any atom is 0.303 e. The molecular weight excluding hydrogens is 160 g/mol. The van der Waals surface area contributed by atoms with Crippen LogP contribution in [0.15, 0.2) is 0 Å². The molecule has 0 aromatic rings. The molecule has 12 heavy (non-hydrogen) atoms. The van der Waals surface area contributed by atoms with Crippen LogP contribution in [0.1, 0.15) is 20.3 Å². The third-order valence-corrected chi connectivity index (χ3v) is 1.64. The Hall–Kier alpha value is -0.610. The molecule has 1 aliphatic rings. The molecular formula is C8H14O4. The maximum absolute atomic E-state index is 10.6. The molecule has 0 saturated carbocycles. The first-order valence-electron chi connectivity index (χ1n) is 4.14. The highest BCUT2D eigenvalue weighted by molar-refractivity contribution is 5.66. The lowest BCUT2D eigenvalue weighted by Gasteiger charge is -2.17. The van der Waals surface area contributed by atoms with Gasteiger partial charge in [0, 0.05) is 20.0 Å². The Bertz CT molecular complexity index is 157. The zero-order valence-electron chi connectivity index (χ0n) is 7.41. The number of esters is 1. The third kappa shape index (κ3) is 2.46. The minimum Gasteiger partial charge on any atom is -0.457 e. The Kier molecular flexibility index (Phi) is 3.49. The van der Waals surface area contributed by atoms with Crippen molar-refractivity contribution in [3.05, 3.63) is 0 Å². The number of hydrogen-bond acceptors (Lipinski definition) is 4. The van der Waals surface area contributed by atoms with Crippen molar-refractivity contribution in [1.82, 2.24) is 0 Å². The van der Waals surface area contributed by atoms with Crippen LogP contribution in [0.2, 0.25) is 0 Å². The van der Waals surface area contributed by atoms with E-state index < -0.39 is 0 Å². The van der Waals surface area contributed by atoms with Gasteiger partial charge in [-0.25, -0.2) is 0 Å². The summed E-state index contributed by atoms with van der Waals surface area (Å²) >= 11 is 0. The van der Waals surface area contributed by atoms with E-state index in [0.717, 1.165) is 6.42 Å². The van der Waals surface area contributed by atoms with Gasteiger partial charge < -0.3 is 14.2 Å². The van der Waals surface area contributed by atoms with E-state index in [1.807, 2.05) is 6.92 Å². The molecule has 0 N–H and O–H groups in total. The molecule has 0 bridgehead atoms. The van der Waals surface area contributed by atoms with Crippen LogP contribution in [0.4, 0.5) is 0 Å². The van der Waals surface area contributed by atoms with Crippen molar-refractivity contribution < 1.29 is 19.0 Å². The van der Waals surface area contributed by atoms with Gasteiger partial charge in [-0.3, -0.25) is 4.79 Å². The van der Waals surface area contributed by atoms with Crippen molar-refractivity contribution in [2.24, 2.45) is 0 Å². The SMILES string of the molecule is CCO[C@@H]1OCC[C@H]1OC(C)=O. The monoisotopic (exact) mass is 174 g/mol. The minimum atomic E-state index is -0.362. The highest BCUT2D eigenvalue weighted by Crippen LogP contribution is 2.18. The Morgan fingerprint density at radius 3 is 3.00 bits per heavy atom. The van der Waals surface area contributed by atoms with Crippen molar-refractivity contribution in [3.8, 4) is 0 Å². The van der Waals surface area contributed by atoms with Crippen LogP contribution in [-0.4, -0.2) is 31.6 Å². The molecule has 1 heterocycles. The van der Waals surface area contributed by atoms with Crippen molar-refractivity contribution >= 4 is 5.97 Å². The van der Waals surface area contributed by atoms with Crippen LogP contribution in [0.25, 0.3) is 0 Å². The summed E-state index contributed by atoms with van der Waals surface area (Å²) < 4.78 is 15.4. The first-order chi connectivity index (χ1) is 5.74. The summed E-state index contributed by atoms with van der Waals surface area (Å²) in [5.74, 6) is -0.282. The highest BCUT2D eigenvalue weighted by atomic mass is 16.7. The standard InChI is InChI=1S/C8H14O4/c1-3-10-8-7(4-5-11-8)12-6(2)9/h7-8H,3-5H2,1-2H3/t7-,8-/m1/s1. The van der Waals surface area contributed by atoms with Gasteiger partial charge in [0.15, 0.2) is 12.4 Å². The molecule has 1 fully saturated rings.